The highest BCUT2D eigenvalue weighted by molar-refractivity contribution is 5.84. The highest BCUT2D eigenvalue weighted by Crippen LogP contribution is 2.28. The Hall–Kier alpha value is -1.32. The first-order valence-electron chi connectivity index (χ1n) is 6.56. The summed E-state index contributed by atoms with van der Waals surface area (Å²) in [5, 5.41) is 1.39. The number of ether oxygens (including phenoxy) is 1. The molecule has 0 N–H and O–H groups in total. The van der Waals surface area contributed by atoms with Crippen LogP contribution in [0, 0.1) is 0 Å². The van der Waals surface area contributed by atoms with E-state index < -0.39 is 0 Å². The highest BCUT2D eigenvalue weighted by Gasteiger charge is 2.22. The molecule has 0 atom stereocenters. The fraction of sp³-hybridized carbons (Fsp3) is 0.467. The molecule has 1 aromatic carbocycles. The lowest BCUT2D eigenvalue weighted by Gasteiger charge is -2.28. The van der Waals surface area contributed by atoms with Gasteiger partial charge in [-0.15, -0.1) is 0 Å². The first-order valence-corrected chi connectivity index (χ1v) is 6.56. The van der Waals surface area contributed by atoms with Crippen molar-refractivity contribution < 1.29 is 4.74 Å². The number of hydrogen-bond acceptors (Lipinski definition) is 2. The van der Waals surface area contributed by atoms with Crippen LogP contribution in [0.25, 0.3) is 10.9 Å². The van der Waals surface area contributed by atoms with Crippen LogP contribution in [0.5, 0.6) is 0 Å². The summed E-state index contributed by atoms with van der Waals surface area (Å²) in [6.45, 7) is 2.80. The van der Waals surface area contributed by atoms with Crippen LogP contribution in [0.3, 0.4) is 0 Å². The van der Waals surface area contributed by atoms with Crippen LogP contribution >= 0.6 is 0 Å². The molecule has 18 heavy (non-hydrogen) atoms. The van der Waals surface area contributed by atoms with Gasteiger partial charge in [0.2, 0.25) is 0 Å². The Morgan fingerprint density at radius 2 is 2.06 bits per heavy atom. The van der Waals surface area contributed by atoms with Crippen LogP contribution in [-0.4, -0.2) is 43.3 Å². The Balaban J connectivity index is 1.97. The molecule has 3 rings (SSSR count). The summed E-state index contributed by atoms with van der Waals surface area (Å²) in [4.78, 5) is 2.23. The number of likely N-dealkylation sites (N-methyl/N-ethyl adjacent to an activating group) is 1. The van der Waals surface area contributed by atoms with Gasteiger partial charge in [0.15, 0.2) is 0 Å². The average Bonchev–Trinajstić information content (AvgIpc) is 2.64. The van der Waals surface area contributed by atoms with E-state index in [4.69, 9.17) is 4.74 Å². The summed E-state index contributed by atoms with van der Waals surface area (Å²) in [5.41, 5.74) is 2.80. The van der Waals surface area contributed by atoms with Crippen LogP contribution in [0.4, 0.5) is 0 Å². The van der Waals surface area contributed by atoms with Crippen LogP contribution in [0.2, 0.25) is 0 Å². The first kappa shape index (κ1) is 11.8. The van der Waals surface area contributed by atoms with E-state index in [0.29, 0.717) is 6.04 Å². The molecular weight excluding hydrogens is 224 g/mol. The van der Waals surface area contributed by atoms with Gasteiger partial charge in [0.05, 0.1) is 19.3 Å². The molecule has 2 aromatic rings. The molecule has 1 aliphatic rings. The largest absolute Gasteiger partial charge is 0.377 e. The summed E-state index contributed by atoms with van der Waals surface area (Å²) in [7, 11) is 4.25. The number of fused-ring (bicyclic) bond motifs is 1. The second-order valence-electron chi connectivity index (χ2n) is 5.32. The molecule has 0 saturated carbocycles. The van der Waals surface area contributed by atoms with Crippen LogP contribution in [-0.2, 0) is 11.2 Å². The number of para-hydroxylation sites is 1. The van der Waals surface area contributed by atoms with Crippen LogP contribution in [0.15, 0.2) is 30.5 Å². The zero-order valence-electron chi connectivity index (χ0n) is 11.1. The lowest BCUT2D eigenvalue weighted by molar-refractivity contribution is -0.0214. The van der Waals surface area contributed by atoms with Gasteiger partial charge in [-0.2, -0.15) is 0 Å². The molecule has 0 amide bonds. The average molecular weight is 244 g/mol. The maximum atomic E-state index is 5.32. The summed E-state index contributed by atoms with van der Waals surface area (Å²) in [5.74, 6) is 0. The molecule has 2 heterocycles. The van der Waals surface area contributed by atoms with E-state index in [-0.39, 0.29) is 0 Å². The summed E-state index contributed by atoms with van der Waals surface area (Å²) < 4.78 is 7.71. The van der Waals surface area contributed by atoms with Crippen molar-refractivity contribution in [1.29, 1.82) is 0 Å². The number of aromatic nitrogens is 1. The van der Waals surface area contributed by atoms with Crippen molar-refractivity contribution in [1.82, 2.24) is 9.47 Å². The molecule has 0 aliphatic carbocycles. The van der Waals surface area contributed by atoms with E-state index >= 15 is 0 Å². The van der Waals surface area contributed by atoms with Crippen molar-refractivity contribution in [3.63, 3.8) is 0 Å². The van der Waals surface area contributed by atoms with E-state index in [1.807, 2.05) is 0 Å². The quantitative estimate of drug-likeness (QED) is 0.821. The zero-order chi connectivity index (χ0) is 12.5. The Labute approximate surface area is 108 Å². The molecule has 1 saturated heterocycles. The molecule has 0 spiro atoms. The Kier molecular flexibility index (Phi) is 3.10. The minimum atomic E-state index is 0.531. The Morgan fingerprint density at radius 3 is 2.72 bits per heavy atom. The summed E-state index contributed by atoms with van der Waals surface area (Å²) in [6.07, 6.45) is 3.43. The van der Waals surface area contributed by atoms with E-state index in [9.17, 15) is 0 Å². The minimum Gasteiger partial charge on any atom is -0.377 e. The fourth-order valence-electron chi connectivity index (χ4n) is 2.51. The van der Waals surface area contributed by atoms with Gasteiger partial charge in [0.25, 0.3) is 0 Å². The SMILES string of the molecule is CN(C)CCc1cn(C2COC2)c2ccccc12. The normalized spacial score (nSPS) is 16.4. The molecule has 3 heteroatoms. The van der Waals surface area contributed by atoms with Gasteiger partial charge in [-0.25, -0.2) is 0 Å². The number of hydrogen-bond donors (Lipinski definition) is 0. The molecule has 0 unspecified atom stereocenters. The van der Waals surface area contributed by atoms with Gasteiger partial charge in [-0.1, -0.05) is 18.2 Å². The fourth-order valence-corrected chi connectivity index (χ4v) is 2.51. The Morgan fingerprint density at radius 1 is 1.28 bits per heavy atom. The van der Waals surface area contributed by atoms with Crippen molar-refractivity contribution >= 4 is 10.9 Å². The summed E-state index contributed by atoms with van der Waals surface area (Å²) >= 11 is 0. The molecular formula is C15H20N2O. The third kappa shape index (κ3) is 2.04. The molecule has 3 nitrogen and oxygen atoms in total. The standard InChI is InChI=1S/C15H20N2O/c1-16(2)8-7-12-9-17(13-10-18-11-13)15-6-4-3-5-14(12)15/h3-6,9,13H,7-8,10-11H2,1-2H3. The van der Waals surface area contributed by atoms with Gasteiger partial charge in [-0.05, 0) is 32.1 Å². The zero-order valence-corrected chi connectivity index (χ0v) is 11.1. The predicted octanol–water partition coefficient (Wildman–Crippen LogP) is 2.32. The summed E-state index contributed by atoms with van der Waals surface area (Å²) in [6, 6.07) is 9.23. The second-order valence-corrected chi connectivity index (χ2v) is 5.32. The van der Waals surface area contributed by atoms with Crippen molar-refractivity contribution in [3.05, 3.63) is 36.0 Å². The second kappa shape index (κ2) is 4.75. The molecule has 0 bridgehead atoms. The van der Waals surface area contributed by atoms with E-state index in [1.165, 1.54) is 16.5 Å². The molecule has 96 valence electrons. The van der Waals surface area contributed by atoms with E-state index in [2.05, 4.69) is 54.0 Å². The third-order valence-electron chi connectivity index (χ3n) is 3.67. The Bertz CT molecular complexity index is 540. The van der Waals surface area contributed by atoms with Gasteiger partial charge in [0.1, 0.15) is 0 Å². The smallest absolute Gasteiger partial charge is 0.0803 e. The van der Waals surface area contributed by atoms with Crippen molar-refractivity contribution in [2.75, 3.05) is 33.9 Å². The van der Waals surface area contributed by atoms with Gasteiger partial charge >= 0.3 is 0 Å². The maximum absolute atomic E-state index is 5.32. The third-order valence-corrected chi connectivity index (χ3v) is 3.67. The van der Waals surface area contributed by atoms with Crippen molar-refractivity contribution in [2.24, 2.45) is 0 Å². The number of benzene rings is 1. The van der Waals surface area contributed by atoms with Crippen molar-refractivity contribution in [3.8, 4) is 0 Å². The maximum Gasteiger partial charge on any atom is 0.0803 e. The number of rotatable bonds is 4. The van der Waals surface area contributed by atoms with Crippen LogP contribution in [0.1, 0.15) is 11.6 Å². The van der Waals surface area contributed by atoms with Crippen LogP contribution < -0.4 is 0 Å². The topological polar surface area (TPSA) is 17.4 Å². The molecule has 1 aromatic heterocycles. The minimum absolute atomic E-state index is 0.531. The predicted molar refractivity (Wildman–Crippen MR) is 74.1 cm³/mol. The van der Waals surface area contributed by atoms with Gasteiger partial charge < -0.3 is 14.2 Å². The first-order chi connectivity index (χ1) is 8.75. The highest BCUT2D eigenvalue weighted by atomic mass is 16.5. The molecule has 0 radical (unpaired) electrons. The molecule has 1 fully saturated rings. The monoisotopic (exact) mass is 244 g/mol. The van der Waals surface area contributed by atoms with Gasteiger partial charge in [-0.3, -0.25) is 0 Å². The number of nitrogens with zero attached hydrogens (tertiary/aromatic N) is 2. The van der Waals surface area contributed by atoms with Crippen molar-refractivity contribution in [2.45, 2.75) is 12.5 Å². The van der Waals surface area contributed by atoms with Gasteiger partial charge in [0, 0.05) is 23.6 Å². The lowest BCUT2D eigenvalue weighted by atomic mass is 10.1. The molecule has 1 aliphatic heterocycles. The lowest BCUT2D eigenvalue weighted by Crippen LogP contribution is -2.30. The van der Waals surface area contributed by atoms with E-state index in [1.54, 1.807) is 0 Å². The van der Waals surface area contributed by atoms with E-state index in [0.717, 1.165) is 26.2 Å².